The zero-order valence-electron chi connectivity index (χ0n) is 16.9. The molecule has 1 saturated heterocycles. The van der Waals surface area contributed by atoms with Crippen molar-refractivity contribution in [1.29, 1.82) is 5.26 Å². The van der Waals surface area contributed by atoms with E-state index in [-0.39, 0.29) is 6.42 Å². The molecule has 156 valence electrons. The first-order valence-electron chi connectivity index (χ1n) is 9.97. The van der Waals surface area contributed by atoms with E-state index in [0.717, 1.165) is 35.8 Å². The maximum Gasteiger partial charge on any atom is 0.249 e. The molecule has 8 heteroatoms. The van der Waals surface area contributed by atoms with Crippen molar-refractivity contribution in [3.63, 3.8) is 0 Å². The molecule has 7 nitrogen and oxygen atoms in total. The first kappa shape index (κ1) is 20.7. The molecule has 3 N–H and O–H groups in total. The summed E-state index contributed by atoms with van der Waals surface area (Å²) in [5.41, 5.74) is 9.96. The third-order valence-electron chi connectivity index (χ3n) is 5.09. The van der Waals surface area contributed by atoms with Crippen molar-refractivity contribution in [3.05, 3.63) is 65.9 Å². The minimum atomic E-state index is -0.548. The van der Waals surface area contributed by atoms with Gasteiger partial charge in [0.05, 0.1) is 18.2 Å². The number of rotatable bonds is 6. The lowest BCUT2D eigenvalue weighted by molar-refractivity contribution is 0.0999. The Morgan fingerprint density at radius 1 is 1.16 bits per heavy atom. The molecule has 31 heavy (non-hydrogen) atoms. The number of nitrogens with zero attached hydrogens (tertiary/aromatic N) is 4. The first-order chi connectivity index (χ1) is 15.1. The summed E-state index contributed by atoms with van der Waals surface area (Å²) in [6, 6.07) is 17.3. The highest BCUT2D eigenvalue weighted by molar-refractivity contribution is 7.99. The Labute approximate surface area is 185 Å². The van der Waals surface area contributed by atoms with Gasteiger partial charge in [0.1, 0.15) is 0 Å². The molecule has 1 aliphatic rings. The number of nitriles is 1. The number of aromatic nitrogens is 2. The van der Waals surface area contributed by atoms with Crippen LogP contribution in [0.5, 0.6) is 0 Å². The lowest BCUT2D eigenvalue weighted by Crippen LogP contribution is -2.32. The van der Waals surface area contributed by atoms with Gasteiger partial charge in [-0.2, -0.15) is 17.0 Å². The molecule has 0 aliphatic carbocycles. The Hall–Kier alpha value is -3.57. The molecule has 0 spiro atoms. The Bertz CT molecular complexity index is 1120. The maximum atomic E-state index is 11.6. The van der Waals surface area contributed by atoms with Gasteiger partial charge >= 0.3 is 0 Å². The second kappa shape index (κ2) is 9.49. The molecule has 1 fully saturated rings. The topological polar surface area (TPSA) is 108 Å². The number of amides is 1. The summed E-state index contributed by atoms with van der Waals surface area (Å²) in [7, 11) is 0. The van der Waals surface area contributed by atoms with Gasteiger partial charge in [-0.25, -0.2) is 9.97 Å². The van der Waals surface area contributed by atoms with Crippen LogP contribution in [0.4, 0.5) is 17.3 Å². The van der Waals surface area contributed by atoms with E-state index in [4.69, 9.17) is 11.0 Å². The number of carbonyl (C=O) groups excluding carboxylic acids is 1. The molecule has 0 unspecified atom stereocenters. The van der Waals surface area contributed by atoms with Crippen molar-refractivity contribution in [3.8, 4) is 17.3 Å². The van der Waals surface area contributed by atoms with Crippen LogP contribution in [0, 0.1) is 11.3 Å². The van der Waals surface area contributed by atoms with Gasteiger partial charge in [0.2, 0.25) is 11.9 Å². The molecule has 2 heterocycles. The summed E-state index contributed by atoms with van der Waals surface area (Å²) in [5, 5.41) is 12.3. The van der Waals surface area contributed by atoms with Crippen molar-refractivity contribution in [1.82, 2.24) is 9.97 Å². The van der Waals surface area contributed by atoms with Crippen LogP contribution < -0.4 is 16.0 Å². The molecule has 3 aromatic rings. The molecule has 4 rings (SSSR count). The fourth-order valence-corrected chi connectivity index (χ4v) is 4.41. The lowest BCUT2D eigenvalue weighted by atomic mass is 9.99. The largest absolute Gasteiger partial charge is 0.370 e. The van der Waals surface area contributed by atoms with Gasteiger partial charge in [0.15, 0.2) is 0 Å². The lowest BCUT2D eigenvalue weighted by Gasteiger charge is -2.28. The van der Waals surface area contributed by atoms with E-state index in [1.165, 1.54) is 5.69 Å². The molecule has 2 aromatic carbocycles. The standard InChI is InChI=1S/C23H22N6OS/c24-9-7-16-15-17(1-6-20(16)22(25)30)21-8-10-26-23(28-21)27-18-2-4-19(5-3-18)29-11-13-31-14-12-29/h1-6,8,10,15H,7,11-14H2,(H2,25,30)(H,26,27,28). The molecule has 0 saturated carbocycles. The van der Waals surface area contributed by atoms with Crippen LogP contribution in [-0.2, 0) is 6.42 Å². The van der Waals surface area contributed by atoms with Crippen LogP contribution in [0.2, 0.25) is 0 Å². The third kappa shape index (κ3) is 4.95. The predicted octanol–water partition coefficient (Wildman–Crippen LogP) is 3.61. The molecule has 0 bridgehead atoms. The van der Waals surface area contributed by atoms with E-state index in [1.807, 2.05) is 23.9 Å². The number of benzene rings is 2. The highest BCUT2D eigenvalue weighted by Crippen LogP contribution is 2.25. The number of carbonyl (C=O) groups is 1. The smallest absolute Gasteiger partial charge is 0.249 e. The Balaban J connectivity index is 1.53. The van der Waals surface area contributed by atoms with Crippen LogP contribution >= 0.6 is 11.8 Å². The number of anilines is 3. The number of hydrogen-bond acceptors (Lipinski definition) is 7. The Morgan fingerprint density at radius 3 is 2.65 bits per heavy atom. The molecule has 0 atom stereocenters. The fraction of sp³-hybridized carbons (Fsp3) is 0.217. The summed E-state index contributed by atoms with van der Waals surface area (Å²) < 4.78 is 0. The highest BCUT2D eigenvalue weighted by Gasteiger charge is 2.12. The van der Waals surface area contributed by atoms with Crippen molar-refractivity contribution in [2.24, 2.45) is 5.73 Å². The maximum absolute atomic E-state index is 11.6. The minimum Gasteiger partial charge on any atom is -0.370 e. The number of nitrogens with two attached hydrogens (primary N) is 1. The molecule has 1 aliphatic heterocycles. The quantitative estimate of drug-likeness (QED) is 0.615. The van der Waals surface area contributed by atoms with Crippen LogP contribution in [0.25, 0.3) is 11.3 Å². The highest BCUT2D eigenvalue weighted by atomic mass is 32.2. The van der Waals surface area contributed by atoms with Gasteiger partial charge in [-0.05, 0) is 48.0 Å². The Morgan fingerprint density at radius 2 is 1.94 bits per heavy atom. The predicted molar refractivity (Wildman–Crippen MR) is 125 cm³/mol. The van der Waals surface area contributed by atoms with E-state index in [2.05, 4.69) is 38.4 Å². The molecule has 1 aromatic heterocycles. The van der Waals surface area contributed by atoms with E-state index < -0.39 is 5.91 Å². The van der Waals surface area contributed by atoms with Gasteiger partial charge in [-0.15, -0.1) is 0 Å². The van der Waals surface area contributed by atoms with Gasteiger partial charge in [0.25, 0.3) is 0 Å². The van der Waals surface area contributed by atoms with Crippen LogP contribution in [0.3, 0.4) is 0 Å². The summed E-state index contributed by atoms with van der Waals surface area (Å²) in [6.07, 6.45) is 1.78. The average Bonchev–Trinajstić information content (AvgIpc) is 2.80. The first-order valence-corrected chi connectivity index (χ1v) is 11.1. The van der Waals surface area contributed by atoms with Crippen molar-refractivity contribution in [2.45, 2.75) is 6.42 Å². The number of thioether (sulfide) groups is 1. The SMILES string of the molecule is N#CCc1cc(-c2ccnc(Nc3ccc(N4CCSCC4)cc3)n2)ccc1C(N)=O. The van der Waals surface area contributed by atoms with Crippen LogP contribution in [0.1, 0.15) is 15.9 Å². The van der Waals surface area contributed by atoms with Gasteiger partial charge in [0, 0.05) is 53.3 Å². The zero-order valence-corrected chi connectivity index (χ0v) is 17.7. The van der Waals surface area contributed by atoms with Gasteiger partial charge in [-0.1, -0.05) is 6.07 Å². The number of hydrogen-bond donors (Lipinski definition) is 2. The summed E-state index contributed by atoms with van der Waals surface area (Å²) in [6.45, 7) is 2.15. The third-order valence-corrected chi connectivity index (χ3v) is 6.03. The zero-order chi connectivity index (χ0) is 21.6. The molecular weight excluding hydrogens is 408 g/mol. The molecular formula is C23H22N6OS. The van der Waals surface area contributed by atoms with E-state index in [1.54, 1.807) is 30.5 Å². The van der Waals surface area contributed by atoms with Crippen molar-refractivity contribution in [2.75, 3.05) is 34.8 Å². The normalized spacial score (nSPS) is 13.5. The minimum absolute atomic E-state index is 0.102. The monoisotopic (exact) mass is 430 g/mol. The summed E-state index contributed by atoms with van der Waals surface area (Å²) in [4.78, 5) is 22.9. The fourth-order valence-electron chi connectivity index (χ4n) is 3.51. The van der Waals surface area contributed by atoms with E-state index in [0.29, 0.717) is 22.8 Å². The van der Waals surface area contributed by atoms with Gasteiger partial charge in [-0.3, -0.25) is 4.79 Å². The Kier molecular flexibility index (Phi) is 6.34. The van der Waals surface area contributed by atoms with Crippen molar-refractivity contribution < 1.29 is 4.79 Å². The second-order valence-electron chi connectivity index (χ2n) is 7.11. The average molecular weight is 431 g/mol. The summed E-state index contributed by atoms with van der Waals surface area (Å²) in [5.74, 6) is 2.25. The van der Waals surface area contributed by atoms with E-state index in [9.17, 15) is 4.79 Å². The van der Waals surface area contributed by atoms with E-state index >= 15 is 0 Å². The number of nitrogens with one attached hydrogen (secondary N) is 1. The molecule has 1 amide bonds. The summed E-state index contributed by atoms with van der Waals surface area (Å²) >= 11 is 1.99. The second-order valence-corrected chi connectivity index (χ2v) is 8.33. The molecule has 0 radical (unpaired) electrons. The van der Waals surface area contributed by atoms with Crippen LogP contribution in [-0.4, -0.2) is 40.5 Å². The van der Waals surface area contributed by atoms with Crippen molar-refractivity contribution >= 4 is 35.0 Å². The van der Waals surface area contributed by atoms with Crippen LogP contribution in [0.15, 0.2) is 54.7 Å². The van der Waals surface area contributed by atoms with Gasteiger partial charge < -0.3 is 16.0 Å². The number of primary amides is 1.